The van der Waals surface area contributed by atoms with Crippen LogP contribution in [0.15, 0.2) is 36.4 Å². The van der Waals surface area contributed by atoms with E-state index in [2.05, 4.69) is 9.97 Å². The second-order valence-corrected chi connectivity index (χ2v) is 5.98. The lowest BCUT2D eigenvalue weighted by Gasteiger charge is -2.13. The highest BCUT2D eigenvalue weighted by Gasteiger charge is 2.20. The molecule has 1 aromatic heterocycles. The van der Waals surface area contributed by atoms with Gasteiger partial charge in [0.1, 0.15) is 5.82 Å². The maximum absolute atomic E-state index is 13.3. The molecule has 7 nitrogen and oxygen atoms in total. The predicted molar refractivity (Wildman–Crippen MR) is 102 cm³/mol. The van der Waals surface area contributed by atoms with E-state index in [-0.39, 0.29) is 27.9 Å². The quantitative estimate of drug-likeness (QED) is 0.400. The monoisotopic (exact) mass is 385 g/mol. The lowest BCUT2D eigenvalue weighted by atomic mass is 10.0. The molecule has 0 spiro atoms. The number of nitrogen functional groups attached to an aromatic ring is 2. The summed E-state index contributed by atoms with van der Waals surface area (Å²) in [4.78, 5) is 19.7. The minimum atomic E-state index is -1.35. The van der Waals surface area contributed by atoms with Crippen molar-refractivity contribution in [3.05, 3.63) is 58.5 Å². The van der Waals surface area contributed by atoms with Gasteiger partial charge in [-0.05, 0) is 36.4 Å². The summed E-state index contributed by atoms with van der Waals surface area (Å²) in [6, 6.07) is 8.44. The number of aromatic carboxylic acids is 1. The second kappa shape index (κ2) is 7.00. The molecule has 0 saturated heterocycles. The number of nitrogens with zero attached hydrogens (tertiary/aromatic N) is 2. The summed E-state index contributed by atoms with van der Waals surface area (Å²) in [5.41, 5.74) is 13.0. The Labute approximate surface area is 158 Å². The zero-order chi connectivity index (χ0) is 19.7. The van der Waals surface area contributed by atoms with E-state index >= 15 is 0 Å². The van der Waals surface area contributed by atoms with Crippen LogP contribution >= 0.6 is 11.6 Å². The third kappa shape index (κ3) is 3.42. The van der Waals surface area contributed by atoms with Crippen LogP contribution in [0.25, 0.3) is 22.5 Å². The van der Waals surface area contributed by atoms with Crippen molar-refractivity contribution in [3.8, 4) is 22.5 Å². The molecule has 0 unspecified atom stereocenters. The van der Waals surface area contributed by atoms with Crippen molar-refractivity contribution in [2.45, 2.75) is 0 Å². The Morgan fingerprint density at radius 2 is 1.74 bits per heavy atom. The Bertz CT molecular complexity index is 1070. The van der Waals surface area contributed by atoms with Crippen molar-refractivity contribution in [2.24, 2.45) is 0 Å². The normalized spacial score (nSPS) is 10.6. The number of benzene rings is 2. The van der Waals surface area contributed by atoms with Gasteiger partial charge in [-0.25, -0.2) is 19.2 Å². The number of hydrogen-bond donors (Lipinski definition) is 4. The fourth-order valence-corrected chi connectivity index (χ4v) is 2.74. The molecule has 2 aromatic carbocycles. The van der Waals surface area contributed by atoms with E-state index < -0.39 is 17.5 Å². The molecule has 1 heterocycles. The third-order valence-electron chi connectivity index (χ3n) is 3.83. The van der Waals surface area contributed by atoms with Crippen molar-refractivity contribution in [3.63, 3.8) is 0 Å². The first-order chi connectivity index (χ1) is 12.8. The number of carbonyl (C=O) groups is 1. The van der Waals surface area contributed by atoms with Crippen molar-refractivity contribution in [1.82, 2.24) is 9.97 Å². The van der Waals surface area contributed by atoms with Crippen LogP contribution in [0.2, 0.25) is 5.02 Å². The van der Waals surface area contributed by atoms with Crippen molar-refractivity contribution < 1.29 is 14.3 Å². The Hall–Kier alpha value is -3.52. The van der Waals surface area contributed by atoms with E-state index in [0.29, 0.717) is 16.7 Å². The smallest absolute Gasteiger partial charge is 0.358 e. The van der Waals surface area contributed by atoms with Crippen LogP contribution in [-0.4, -0.2) is 27.3 Å². The van der Waals surface area contributed by atoms with Gasteiger partial charge in [0.05, 0.1) is 22.1 Å². The molecule has 3 rings (SSSR count). The zero-order valence-corrected chi connectivity index (χ0v) is 14.5. The van der Waals surface area contributed by atoms with E-state index in [0.717, 1.165) is 6.21 Å². The van der Waals surface area contributed by atoms with Gasteiger partial charge >= 0.3 is 5.97 Å². The molecular formula is C18H13ClFN5O2. The van der Waals surface area contributed by atoms with Crippen LogP contribution in [-0.2, 0) is 0 Å². The molecule has 136 valence electrons. The first-order valence-electron chi connectivity index (χ1n) is 7.58. The fourth-order valence-electron chi connectivity index (χ4n) is 2.51. The van der Waals surface area contributed by atoms with E-state index in [1.54, 1.807) is 0 Å². The molecule has 0 amide bonds. The topological polar surface area (TPSA) is 139 Å². The summed E-state index contributed by atoms with van der Waals surface area (Å²) >= 11 is 6.13. The van der Waals surface area contributed by atoms with Crippen LogP contribution in [0.1, 0.15) is 16.1 Å². The van der Waals surface area contributed by atoms with Gasteiger partial charge in [-0.2, -0.15) is 0 Å². The number of nitrogens with two attached hydrogens (primary N) is 2. The van der Waals surface area contributed by atoms with Crippen molar-refractivity contribution in [2.75, 3.05) is 11.5 Å². The van der Waals surface area contributed by atoms with Crippen molar-refractivity contribution in [1.29, 1.82) is 5.41 Å². The van der Waals surface area contributed by atoms with Gasteiger partial charge in [-0.1, -0.05) is 11.6 Å². The number of hydrogen-bond acceptors (Lipinski definition) is 6. The number of halogens is 2. The minimum absolute atomic E-state index is 0.165. The largest absolute Gasteiger partial charge is 0.476 e. The van der Waals surface area contributed by atoms with E-state index in [1.165, 1.54) is 36.4 Å². The molecule has 27 heavy (non-hydrogen) atoms. The Morgan fingerprint density at radius 1 is 1.11 bits per heavy atom. The molecule has 0 fully saturated rings. The van der Waals surface area contributed by atoms with Crippen LogP contribution < -0.4 is 11.5 Å². The molecule has 6 N–H and O–H groups in total. The summed E-state index contributed by atoms with van der Waals surface area (Å²) in [6.07, 6.45) is 1.02. The average molecular weight is 386 g/mol. The third-order valence-corrected chi connectivity index (χ3v) is 4.15. The van der Waals surface area contributed by atoms with Gasteiger partial charge in [-0.3, -0.25) is 0 Å². The number of anilines is 2. The standard InChI is InChI=1S/C18H13ClFN5O2/c19-12-6-9(5-10(7-21)13(12)22)15-14(8-1-3-11(20)4-2-8)25-17(23)16(24-15)18(26)27/h1-7,21H,22H2,(H2,23,25)(H,26,27). The first kappa shape index (κ1) is 18.3. The van der Waals surface area contributed by atoms with Gasteiger partial charge in [0.2, 0.25) is 0 Å². The lowest BCUT2D eigenvalue weighted by Crippen LogP contribution is -2.10. The lowest BCUT2D eigenvalue weighted by molar-refractivity contribution is 0.0691. The van der Waals surface area contributed by atoms with Gasteiger partial charge in [0.15, 0.2) is 11.5 Å². The molecule has 3 aromatic rings. The van der Waals surface area contributed by atoms with E-state index in [4.69, 9.17) is 28.5 Å². The van der Waals surface area contributed by atoms with Gasteiger partial charge in [0, 0.05) is 22.9 Å². The Morgan fingerprint density at radius 3 is 2.33 bits per heavy atom. The Balaban J connectivity index is 2.34. The molecule has 0 aliphatic rings. The predicted octanol–water partition coefficient (Wildman–Crippen LogP) is 3.46. The number of carboxylic acid groups (broad SMARTS) is 1. The zero-order valence-electron chi connectivity index (χ0n) is 13.7. The second-order valence-electron chi connectivity index (χ2n) is 5.57. The first-order valence-corrected chi connectivity index (χ1v) is 7.96. The summed E-state index contributed by atoms with van der Waals surface area (Å²) in [5.74, 6) is -2.06. The van der Waals surface area contributed by atoms with Gasteiger partial charge in [0.25, 0.3) is 0 Å². The molecule has 0 atom stereocenters. The highest BCUT2D eigenvalue weighted by molar-refractivity contribution is 6.34. The SMILES string of the molecule is N=Cc1cc(-c2nc(C(=O)O)c(N)nc2-c2ccc(F)cc2)cc(Cl)c1N. The molecule has 0 aliphatic heterocycles. The van der Waals surface area contributed by atoms with E-state index in [1.807, 2.05) is 0 Å². The number of rotatable bonds is 4. The molecule has 0 saturated carbocycles. The Kier molecular flexibility index (Phi) is 4.74. The number of nitrogens with one attached hydrogen (secondary N) is 1. The number of aromatic nitrogens is 2. The maximum atomic E-state index is 13.3. The van der Waals surface area contributed by atoms with Gasteiger partial charge in [-0.15, -0.1) is 0 Å². The summed E-state index contributed by atoms with van der Waals surface area (Å²) < 4.78 is 13.3. The average Bonchev–Trinajstić information content (AvgIpc) is 2.64. The van der Waals surface area contributed by atoms with Crippen LogP contribution in [0.4, 0.5) is 15.9 Å². The van der Waals surface area contributed by atoms with E-state index in [9.17, 15) is 14.3 Å². The van der Waals surface area contributed by atoms with Crippen LogP contribution in [0.3, 0.4) is 0 Å². The van der Waals surface area contributed by atoms with Crippen molar-refractivity contribution >= 4 is 35.3 Å². The summed E-state index contributed by atoms with van der Waals surface area (Å²) in [5, 5.41) is 17.0. The highest BCUT2D eigenvalue weighted by atomic mass is 35.5. The minimum Gasteiger partial charge on any atom is -0.476 e. The highest BCUT2D eigenvalue weighted by Crippen LogP contribution is 2.35. The molecule has 0 bridgehead atoms. The van der Waals surface area contributed by atoms with Gasteiger partial charge < -0.3 is 22.0 Å². The van der Waals surface area contributed by atoms with Crippen LogP contribution in [0, 0.1) is 11.2 Å². The fraction of sp³-hybridized carbons (Fsp3) is 0. The summed E-state index contributed by atoms with van der Waals surface area (Å²) in [6.45, 7) is 0. The molecule has 0 aliphatic carbocycles. The molecule has 9 heteroatoms. The molecular weight excluding hydrogens is 373 g/mol. The van der Waals surface area contributed by atoms with Crippen LogP contribution in [0.5, 0.6) is 0 Å². The maximum Gasteiger partial charge on any atom is 0.358 e. The summed E-state index contributed by atoms with van der Waals surface area (Å²) in [7, 11) is 0. The number of carboxylic acids is 1. The molecule has 0 radical (unpaired) electrons.